The van der Waals surface area contributed by atoms with Crippen LogP contribution in [-0.2, 0) is 19.8 Å². The van der Waals surface area contributed by atoms with Crippen LogP contribution >= 0.6 is 16.3 Å². The molecule has 1 rings (SSSR count). The molecule has 0 saturated carbocycles. The molecule has 1 N–H and O–H groups in total. The molecule has 6 heteroatoms. The topological polar surface area (TPSA) is 64.6 Å². The van der Waals surface area contributed by atoms with Gasteiger partial charge in [0.05, 0.1) is 0 Å². The number of ether oxygens (including phenoxy) is 1. The van der Waals surface area contributed by atoms with E-state index in [-0.39, 0.29) is 0 Å². The molecule has 0 aliphatic carbocycles. The zero-order chi connectivity index (χ0) is 15.2. The molecule has 0 spiro atoms. The van der Waals surface area contributed by atoms with E-state index in [2.05, 4.69) is 25.4 Å². The predicted molar refractivity (Wildman–Crippen MR) is 78.3 cm³/mol. The molecular weight excluding hydrogens is 326 g/mol. The van der Waals surface area contributed by atoms with Gasteiger partial charge in [0.15, 0.2) is 16.3 Å². The fourth-order valence-electron chi connectivity index (χ4n) is 1.55. The number of nitrogens with one attached hydrogen (secondary N) is 1. The van der Waals surface area contributed by atoms with Crippen LogP contribution in [0.3, 0.4) is 0 Å². The molecule has 1 atom stereocenters. The molecule has 20 heavy (non-hydrogen) atoms. The van der Waals surface area contributed by atoms with Crippen LogP contribution in [-0.4, -0.2) is 23.7 Å². The molecule has 0 radical (unpaired) electrons. The molecule has 110 valence electrons. The third-order valence-corrected chi connectivity index (χ3v) is 2.65. The van der Waals surface area contributed by atoms with Gasteiger partial charge in [0.2, 0.25) is 0 Å². The van der Waals surface area contributed by atoms with Gasteiger partial charge in [-0.3, -0.25) is 0 Å². The number of amides is 1. The van der Waals surface area contributed by atoms with Crippen molar-refractivity contribution < 1.29 is 18.2 Å². The van der Waals surface area contributed by atoms with Crippen LogP contribution in [0.15, 0.2) is 30.3 Å². The molecule has 0 bridgehead atoms. The maximum Gasteiger partial charge on any atom is 0.408 e. The summed E-state index contributed by atoms with van der Waals surface area (Å²) in [5, 5.41) is 2.51. The van der Waals surface area contributed by atoms with Gasteiger partial charge in [-0.25, -0.2) is 9.59 Å². The molecule has 0 saturated heterocycles. The van der Waals surface area contributed by atoms with E-state index in [1.165, 1.54) is 0 Å². The van der Waals surface area contributed by atoms with Crippen molar-refractivity contribution in [2.24, 2.45) is 0 Å². The van der Waals surface area contributed by atoms with Gasteiger partial charge in [-0.15, -0.1) is 0 Å². The van der Waals surface area contributed by atoms with Crippen molar-refractivity contribution in [3.63, 3.8) is 0 Å². The van der Waals surface area contributed by atoms with Gasteiger partial charge in [0, 0.05) is 6.42 Å². The zero-order valence-electron chi connectivity index (χ0n) is 11.7. The Labute approximate surface area is 127 Å². The Kier molecular flexibility index (Phi) is 6.01. The third kappa shape index (κ3) is 6.06. The van der Waals surface area contributed by atoms with Crippen LogP contribution in [0.2, 0.25) is 0 Å². The van der Waals surface area contributed by atoms with E-state index in [1.54, 1.807) is 20.8 Å². The lowest BCUT2D eigenvalue weighted by molar-refractivity contribution is -0.134. The van der Waals surface area contributed by atoms with E-state index in [9.17, 15) is 9.59 Å². The lowest BCUT2D eigenvalue weighted by atomic mass is 10.1. The Morgan fingerprint density at radius 1 is 1.25 bits per heavy atom. The largest absolute Gasteiger partial charge is 0.444 e. The number of halogens is 1. The van der Waals surface area contributed by atoms with Gasteiger partial charge in [-0.2, -0.15) is 0 Å². The summed E-state index contributed by atoms with van der Waals surface area (Å²) in [5.41, 5.74) is 0.283. The van der Waals surface area contributed by atoms with Crippen molar-refractivity contribution in [1.82, 2.24) is 5.32 Å². The number of benzene rings is 1. The second-order valence-corrected chi connectivity index (χ2v) is 5.61. The normalized spacial score (nSPS) is 12.4. The molecule has 0 unspecified atom stereocenters. The quantitative estimate of drug-likeness (QED) is 0.912. The lowest BCUT2D eigenvalue weighted by Gasteiger charge is -2.22. The summed E-state index contributed by atoms with van der Waals surface area (Å²) in [5.74, 6) is -0.584. The van der Waals surface area contributed by atoms with E-state index in [1.807, 2.05) is 30.3 Å². The average Bonchev–Trinajstić information content (AvgIpc) is 2.36. The van der Waals surface area contributed by atoms with Gasteiger partial charge < -0.3 is 13.9 Å². The van der Waals surface area contributed by atoms with Crippen LogP contribution in [0.25, 0.3) is 0 Å². The maximum absolute atomic E-state index is 11.7. The van der Waals surface area contributed by atoms with E-state index in [4.69, 9.17) is 4.74 Å². The first-order valence-corrected chi connectivity index (χ1v) is 6.82. The average molecular weight is 344 g/mol. The standard InChI is InChI=1S/C14H18BrNO4/c1-14(2,3)19-13(18)16-11(12(17)20-15)9-10-7-5-4-6-8-10/h4-8,11H,9H2,1-3H3,(H,16,18)/t11-/m1/s1. The Morgan fingerprint density at radius 3 is 2.35 bits per heavy atom. The third-order valence-electron chi connectivity index (χ3n) is 2.33. The van der Waals surface area contributed by atoms with Crippen molar-refractivity contribution in [2.75, 3.05) is 0 Å². The van der Waals surface area contributed by atoms with Crippen LogP contribution in [0.4, 0.5) is 4.79 Å². The van der Waals surface area contributed by atoms with Gasteiger partial charge in [-0.1, -0.05) is 30.3 Å². The molecule has 1 aromatic carbocycles. The molecule has 1 aromatic rings. The molecule has 5 nitrogen and oxygen atoms in total. The minimum atomic E-state index is -0.813. The molecule has 0 heterocycles. The van der Waals surface area contributed by atoms with Gasteiger partial charge in [-0.05, 0) is 26.3 Å². The van der Waals surface area contributed by atoms with Crippen LogP contribution in [0, 0.1) is 0 Å². The summed E-state index contributed by atoms with van der Waals surface area (Å²) in [7, 11) is 0. The highest BCUT2D eigenvalue weighted by Crippen LogP contribution is 2.09. The minimum Gasteiger partial charge on any atom is -0.444 e. The van der Waals surface area contributed by atoms with E-state index in [0.29, 0.717) is 6.42 Å². The van der Waals surface area contributed by atoms with Crippen molar-refractivity contribution in [2.45, 2.75) is 38.8 Å². The number of hydrogen-bond donors (Lipinski definition) is 1. The van der Waals surface area contributed by atoms with Crippen molar-refractivity contribution in [3.05, 3.63) is 35.9 Å². The Hall–Kier alpha value is -1.56. The second kappa shape index (κ2) is 7.28. The van der Waals surface area contributed by atoms with Crippen LogP contribution in [0.1, 0.15) is 26.3 Å². The number of alkyl carbamates (subject to hydrolysis) is 1. The Balaban J connectivity index is 2.70. The number of hydrogen-bond acceptors (Lipinski definition) is 4. The van der Waals surface area contributed by atoms with Gasteiger partial charge in [0.25, 0.3) is 0 Å². The number of rotatable bonds is 4. The second-order valence-electron chi connectivity index (χ2n) is 5.28. The van der Waals surface area contributed by atoms with Crippen molar-refractivity contribution in [1.29, 1.82) is 0 Å². The number of carbonyl (C=O) groups is 2. The van der Waals surface area contributed by atoms with Crippen LogP contribution < -0.4 is 5.32 Å². The molecule has 0 aliphatic rings. The minimum absolute atomic E-state index is 0.324. The molecule has 0 fully saturated rings. The highest BCUT2D eigenvalue weighted by Gasteiger charge is 2.25. The first-order chi connectivity index (χ1) is 9.31. The molecular formula is C14H18BrNO4. The van der Waals surface area contributed by atoms with E-state index >= 15 is 0 Å². The van der Waals surface area contributed by atoms with Crippen LogP contribution in [0.5, 0.6) is 0 Å². The number of carbonyl (C=O) groups excluding carboxylic acids is 2. The fraction of sp³-hybridized carbons (Fsp3) is 0.429. The lowest BCUT2D eigenvalue weighted by Crippen LogP contribution is -2.44. The molecule has 0 aliphatic heterocycles. The summed E-state index contributed by atoms with van der Waals surface area (Å²) < 4.78 is 9.65. The fourth-order valence-corrected chi connectivity index (χ4v) is 1.77. The Morgan fingerprint density at radius 2 is 1.85 bits per heavy atom. The predicted octanol–water partition coefficient (Wildman–Crippen LogP) is 2.98. The van der Waals surface area contributed by atoms with Gasteiger partial charge in [0.1, 0.15) is 11.6 Å². The summed E-state index contributed by atoms with van der Waals surface area (Å²) in [6.45, 7) is 5.25. The van der Waals surface area contributed by atoms with Crippen molar-refractivity contribution in [3.8, 4) is 0 Å². The van der Waals surface area contributed by atoms with Crippen molar-refractivity contribution >= 4 is 28.3 Å². The Bertz CT molecular complexity index is 456. The summed E-state index contributed by atoms with van der Waals surface area (Å²) in [6.07, 6.45) is -0.332. The smallest absolute Gasteiger partial charge is 0.408 e. The summed E-state index contributed by atoms with van der Waals surface area (Å²) in [4.78, 5) is 23.4. The first kappa shape index (κ1) is 16.5. The first-order valence-electron chi connectivity index (χ1n) is 6.17. The monoisotopic (exact) mass is 343 g/mol. The SMILES string of the molecule is CC(C)(C)OC(=O)N[C@H](Cc1ccccc1)C(=O)OBr. The van der Waals surface area contributed by atoms with E-state index < -0.39 is 23.7 Å². The summed E-state index contributed by atoms with van der Waals surface area (Å²) >= 11 is 2.64. The molecule has 1 amide bonds. The highest BCUT2D eigenvalue weighted by molar-refractivity contribution is 9.06. The van der Waals surface area contributed by atoms with E-state index in [0.717, 1.165) is 5.56 Å². The molecule has 0 aromatic heterocycles. The maximum atomic E-state index is 11.7. The zero-order valence-corrected chi connectivity index (χ0v) is 13.3. The highest BCUT2D eigenvalue weighted by atomic mass is 79.9. The van der Waals surface area contributed by atoms with Gasteiger partial charge >= 0.3 is 12.1 Å². The summed E-state index contributed by atoms with van der Waals surface area (Å²) in [6, 6.07) is 8.52.